The average Bonchev–Trinajstić information content (AvgIpc) is 2.47. The van der Waals surface area contributed by atoms with E-state index in [0.717, 1.165) is 0 Å². The van der Waals surface area contributed by atoms with Gasteiger partial charge in [-0.2, -0.15) is 0 Å². The van der Waals surface area contributed by atoms with Crippen molar-refractivity contribution in [3.8, 4) is 0 Å². The number of sulfonamides is 1. The van der Waals surface area contributed by atoms with Crippen molar-refractivity contribution in [2.24, 2.45) is 5.73 Å². The zero-order valence-corrected chi connectivity index (χ0v) is 12.4. The van der Waals surface area contributed by atoms with E-state index in [1.807, 2.05) is 0 Å². The molecule has 1 saturated heterocycles. The number of nitrogens with one attached hydrogen (secondary N) is 1. The van der Waals surface area contributed by atoms with Gasteiger partial charge in [-0.15, -0.1) is 0 Å². The number of hydrogen-bond donors (Lipinski definition) is 3. The first kappa shape index (κ1) is 15.5. The van der Waals surface area contributed by atoms with Gasteiger partial charge < -0.3 is 21.1 Å². The molecule has 0 radical (unpaired) electrons. The highest BCUT2D eigenvalue weighted by Crippen LogP contribution is 2.29. The molecule has 1 aliphatic heterocycles. The number of amides is 1. The normalized spacial score (nSPS) is 19.5. The first-order chi connectivity index (χ1) is 9.86. The van der Waals surface area contributed by atoms with Crippen molar-refractivity contribution < 1.29 is 17.9 Å². The van der Waals surface area contributed by atoms with Crippen molar-refractivity contribution in [1.29, 1.82) is 0 Å². The standard InChI is InChI=1S/C12H18N4O4S/c1-15-21(18,19)8-2-3-9(13)10(6-8)16-4-5-20-7-11(16)12(14)17/h2-3,6,11,15H,4-5,7,13H2,1H3,(H2,14,17). The largest absolute Gasteiger partial charge is 0.397 e. The zero-order valence-electron chi connectivity index (χ0n) is 11.6. The molecule has 9 heteroatoms. The van der Waals surface area contributed by atoms with Gasteiger partial charge in [-0.3, -0.25) is 4.79 Å². The topological polar surface area (TPSA) is 128 Å². The van der Waals surface area contributed by atoms with Crippen LogP contribution in [0.3, 0.4) is 0 Å². The molecule has 1 amide bonds. The fourth-order valence-electron chi connectivity index (χ4n) is 2.18. The van der Waals surface area contributed by atoms with Gasteiger partial charge in [0.05, 0.1) is 29.5 Å². The third kappa shape index (κ3) is 3.09. The Bertz CT molecular complexity index is 647. The van der Waals surface area contributed by atoms with Crippen LogP contribution in [0.4, 0.5) is 11.4 Å². The number of benzene rings is 1. The summed E-state index contributed by atoms with van der Waals surface area (Å²) in [6.45, 7) is 0.963. The van der Waals surface area contributed by atoms with Gasteiger partial charge in [-0.25, -0.2) is 13.1 Å². The summed E-state index contributed by atoms with van der Waals surface area (Å²) in [6, 6.07) is 3.66. The summed E-state index contributed by atoms with van der Waals surface area (Å²) in [5, 5.41) is 0. The molecule has 0 aliphatic carbocycles. The van der Waals surface area contributed by atoms with Crippen molar-refractivity contribution in [1.82, 2.24) is 4.72 Å². The van der Waals surface area contributed by atoms with E-state index in [4.69, 9.17) is 16.2 Å². The summed E-state index contributed by atoms with van der Waals surface area (Å²) < 4.78 is 31.2. The lowest BCUT2D eigenvalue weighted by Crippen LogP contribution is -2.52. The Kier molecular flexibility index (Phi) is 4.35. The van der Waals surface area contributed by atoms with E-state index in [1.165, 1.54) is 25.2 Å². The second kappa shape index (κ2) is 5.88. The molecule has 1 aromatic rings. The number of nitrogens with zero attached hydrogens (tertiary/aromatic N) is 1. The summed E-state index contributed by atoms with van der Waals surface area (Å²) in [5.41, 5.74) is 12.1. The number of ether oxygens (including phenoxy) is 1. The van der Waals surface area contributed by atoms with E-state index in [1.54, 1.807) is 4.90 Å². The monoisotopic (exact) mass is 314 g/mol. The molecule has 116 valence electrons. The predicted molar refractivity (Wildman–Crippen MR) is 78.2 cm³/mol. The Morgan fingerprint density at radius 1 is 1.48 bits per heavy atom. The van der Waals surface area contributed by atoms with E-state index in [0.29, 0.717) is 24.5 Å². The van der Waals surface area contributed by atoms with Crippen molar-refractivity contribution in [2.75, 3.05) is 37.4 Å². The van der Waals surface area contributed by atoms with E-state index >= 15 is 0 Å². The smallest absolute Gasteiger partial charge is 0.242 e. The van der Waals surface area contributed by atoms with Crippen LogP contribution in [0.1, 0.15) is 0 Å². The third-order valence-electron chi connectivity index (χ3n) is 3.35. The fourth-order valence-corrected chi connectivity index (χ4v) is 2.93. The summed E-state index contributed by atoms with van der Waals surface area (Å²) in [5.74, 6) is -0.545. The average molecular weight is 314 g/mol. The predicted octanol–water partition coefficient (Wildman–Crippen LogP) is -1.13. The zero-order chi connectivity index (χ0) is 15.6. The molecular weight excluding hydrogens is 296 g/mol. The minimum atomic E-state index is -3.59. The van der Waals surface area contributed by atoms with Gasteiger partial charge >= 0.3 is 0 Å². The number of carbonyl (C=O) groups is 1. The number of nitrogen functional groups attached to an aromatic ring is 1. The Morgan fingerprint density at radius 2 is 2.19 bits per heavy atom. The Morgan fingerprint density at radius 3 is 2.81 bits per heavy atom. The van der Waals surface area contributed by atoms with Crippen LogP contribution in [0.25, 0.3) is 0 Å². The van der Waals surface area contributed by atoms with Crippen LogP contribution in [0.2, 0.25) is 0 Å². The van der Waals surface area contributed by atoms with Gasteiger partial charge in [0.15, 0.2) is 0 Å². The quantitative estimate of drug-likeness (QED) is 0.603. The Labute approximate surface area is 123 Å². The van der Waals surface area contributed by atoms with Gasteiger partial charge in [0.2, 0.25) is 15.9 Å². The maximum absolute atomic E-state index is 11.9. The van der Waals surface area contributed by atoms with Crippen LogP contribution in [-0.4, -0.2) is 47.2 Å². The molecular formula is C12H18N4O4S. The molecule has 1 unspecified atom stereocenters. The summed E-state index contributed by atoms with van der Waals surface area (Å²) in [6.07, 6.45) is 0. The SMILES string of the molecule is CNS(=O)(=O)c1ccc(N)c(N2CCOCC2C(N)=O)c1. The fraction of sp³-hybridized carbons (Fsp3) is 0.417. The van der Waals surface area contributed by atoms with Crippen LogP contribution in [0.15, 0.2) is 23.1 Å². The number of primary amides is 1. The van der Waals surface area contributed by atoms with Crippen molar-refractivity contribution in [3.63, 3.8) is 0 Å². The number of rotatable bonds is 4. The van der Waals surface area contributed by atoms with Gasteiger partial charge in [-0.05, 0) is 25.2 Å². The lowest BCUT2D eigenvalue weighted by Gasteiger charge is -2.36. The van der Waals surface area contributed by atoms with Gasteiger partial charge in [0.25, 0.3) is 0 Å². The maximum Gasteiger partial charge on any atom is 0.242 e. The van der Waals surface area contributed by atoms with Crippen LogP contribution < -0.4 is 21.1 Å². The minimum absolute atomic E-state index is 0.0731. The highest BCUT2D eigenvalue weighted by atomic mass is 32.2. The van der Waals surface area contributed by atoms with E-state index in [-0.39, 0.29) is 11.5 Å². The minimum Gasteiger partial charge on any atom is -0.397 e. The third-order valence-corrected chi connectivity index (χ3v) is 4.76. The van der Waals surface area contributed by atoms with Crippen LogP contribution in [0, 0.1) is 0 Å². The van der Waals surface area contributed by atoms with E-state index in [9.17, 15) is 13.2 Å². The van der Waals surface area contributed by atoms with E-state index in [2.05, 4.69) is 4.72 Å². The number of hydrogen-bond acceptors (Lipinski definition) is 6. The Balaban J connectivity index is 2.47. The second-order valence-corrected chi connectivity index (χ2v) is 6.50. The molecule has 0 spiro atoms. The summed E-state index contributed by atoms with van der Waals surface area (Å²) >= 11 is 0. The molecule has 8 nitrogen and oxygen atoms in total. The lowest BCUT2D eigenvalue weighted by molar-refractivity contribution is -0.121. The Hall–Kier alpha value is -1.84. The van der Waals surface area contributed by atoms with Crippen LogP contribution >= 0.6 is 0 Å². The first-order valence-corrected chi connectivity index (χ1v) is 7.82. The van der Waals surface area contributed by atoms with Crippen LogP contribution in [-0.2, 0) is 19.6 Å². The lowest BCUT2D eigenvalue weighted by atomic mass is 10.1. The molecule has 21 heavy (non-hydrogen) atoms. The number of morpholine rings is 1. The first-order valence-electron chi connectivity index (χ1n) is 6.33. The van der Waals surface area contributed by atoms with Gasteiger partial charge in [0.1, 0.15) is 6.04 Å². The van der Waals surface area contributed by atoms with E-state index < -0.39 is 22.0 Å². The molecule has 1 aromatic carbocycles. The van der Waals surface area contributed by atoms with Crippen molar-refractivity contribution >= 4 is 27.3 Å². The molecule has 5 N–H and O–H groups in total. The summed E-state index contributed by atoms with van der Waals surface area (Å²) in [7, 11) is -2.27. The molecule has 0 bridgehead atoms. The maximum atomic E-state index is 11.9. The molecule has 0 saturated carbocycles. The summed E-state index contributed by atoms with van der Waals surface area (Å²) in [4.78, 5) is 13.3. The van der Waals surface area contributed by atoms with Gasteiger partial charge in [0, 0.05) is 6.54 Å². The van der Waals surface area contributed by atoms with Crippen molar-refractivity contribution in [2.45, 2.75) is 10.9 Å². The second-order valence-electron chi connectivity index (χ2n) is 4.61. The highest BCUT2D eigenvalue weighted by molar-refractivity contribution is 7.89. The molecule has 1 atom stereocenters. The van der Waals surface area contributed by atoms with Gasteiger partial charge in [-0.1, -0.05) is 0 Å². The molecule has 1 heterocycles. The van der Waals surface area contributed by atoms with Crippen LogP contribution in [0.5, 0.6) is 0 Å². The molecule has 1 fully saturated rings. The van der Waals surface area contributed by atoms with Crippen molar-refractivity contribution in [3.05, 3.63) is 18.2 Å². The number of anilines is 2. The molecule has 2 rings (SSSR count). The number of nitrogens with two attached hydrogens (primary N) is 2. The molecule has 0 aromatic heterocycles. The number of carbonyl (C=O) groups excluding carboxylic acids is 1. The highest BCUT2D eigenvalue weighted by Gasteiger charge is 2.29. The molecule has 1 aliphatic rings.